The zero-order valence-corrected chi connectivity index (χ0v) is 29.6. The number of hydrogen-bond acceptors (Lipinski definition) is 11. The molecule has 3 N–H and O–H groups in total. The first-order valence-corrected chi connectivity index (χ1v) is 16.4. The van der Waals surface area contributed by atoms with Crippen molar-refractivity contribution in [3.05, 3.63) is 64.6 Å². The molecule has 268 valence electrons. The van der Waals surface area contributed by atoms with Crippen molar-refractivity contribution in [2.75, 3.05) is 70.2 Å². The Morgan fingerprint density at radius 2 is 1.96 bits per heavy atom. The van der Waals surface area contributed by atoms with Gasteiger partial charge in [-0.1, -0.05) is 0 Å². The van der Waals surface area contributed by atoms with Gasteiger partial charge in [-0.05, 0) is 61.6 Å². The molecular formula is C34H48FN7O6S. The number of aliphatic hydroxyl groups is 1. The van der Waals surface area contributed by atoms with E-state index < -0.39 is 11.9 Å². The predicted octanol–water partition coefficient (Wildman–Crippen LogP) is 2.86. The third kappa shape index (κ3) is 10.3. The summed E-state index contributed by atoms with van der Waals surface area (Å²) in [4.78, 5) is 39.6. The number of carbonyl (C=O) groups excluding carboxylic acids is 2. The summed E-state index contributed by atoms with van der Waals surface area (Å²) in [6, 6.07) is 6.78. The second-order valence-corrected chi connectivity index (χ2v) is 12.5. The summed E-state index contributed by atoms with van der Waals surface area (Å²) < 4.78 is 31.1. The Balaban J connectivity index is 0.00000541. The normalized spacial score (nSPS) is 15.6. The van der Waals surface area contributed by atoms with Gasteiger partial charge in [0, 0.05) is 78.5 Å². The molecule has 2 aromatic heterocycles. The van der Waals surface area contributed by atoms with Crippen molar-refractivity contribution in [2.24, 2.45) is 0 Å². The van der Waals surface area contributed by atoms with E-state index >= 15 is 0 Å². The molecule has 0 aliphatic carbocycles. The summed E-state index contributed by atoms with van der Waals surface area (Å²) in [7, 11) is 3.52. The summed E-state index contributed by atoms with van der Waals surface area (Å²) in [5, 5.41) is 17.2. The Bertz CT molecular complexity index is 1570. The number of hydrogen-bond donors (Lipinski definition) is 3. The van der Waals surface area contributed by atoms with Crippen LogP contribution in [0.2, 0.25) is 0 Å². The number of nitrogens with one attached hydrogen (secondary N) is 2. The van der Waals surface area contributed by atoms with E-state index in [0.717, 1.165) is 24.0 Å². The molecule has 1 atom stereocenters. The van der Waals surface area contributed by atoms with Crippen molar-refractivity contribution in [1.29, 1.82) is 0 Å². The Kier molecular flexibility index (Phi) is 13.6. The van der Waals surface area contributed by atoms with Gasteiger partial charge in [0.05, 0.1) is 18.4 Å². The smallest absolute Gasteiger partial charge is 0.251 e. The van der Waals surface area contributed by atoms with Crippen LogP contribution in [0.4, 0.5) is 16.0 Å². The fraction of sp³-hybridized carbons (Fsp3) is 0.529. The highest BCUT2D eigenvalue weighted by molar-refractivity contribution is 7.59. The van der Waals surface area contributed by atoms with Gasteiger partial charge in [-0.25, -0.2) is 14.4 Å². The number of piperidine rings is 1. The number of anilines is 2. The number of aliphatic hydroxyl groups excluding tert-OH is 1. The molecule has 0 unspecified atom stereocenters. The molecule has 1 saturated heterocycles. The van der Waals surface area contributed by atoms with E-state index in [9.17, 15) is 19.1 Å². The van der Waals surface area contributed by atoms with Gasteiger partial charge in [-0.2, -0.15) is 13.5 Å². The number of carbonyl (C=O) groups is 2. The quantitative estimate of drug-likeness (QED) is 0.228. The maximum atomic E-state index is 14.9. The molecule has 4 heterocycles. The monoisotopic (exact) mass is 701 g/mol. The number of β-amino-alcohol motifs (C(OH)–C–C–N with tert-alkyl or cyclic N) is 1. The second-order valence-electron chi connectivity index (χ2n) is 12.5. The van der Waals surface area contributed by atoms with Crippen LogP contribution < -0.4 is 20.3 Å². The minimum Gasteiger partial charge on any atom is -0.482 e. The van der Waals surface area contributed by atoms with Crippen LogP contribution in [0.1, 0.15) is 52.7 Å². The fourth-order valence-electron chi connectivity index (χ4n) is 5.97. The number of likely N-dealkylation sites (N-methyl/N-ethyl adjacent to an activating group) is 1. The largest absolute Gasteiger partial charge is 0.482 e. The zero-order chi connectivity index (χ0) is 34.2. The number of nitrogens with zero attached hydrogens (tertiary/aromatic N) is 5. The van der Waals surface area contributed by atoms with Crippen molar-refractivity contribution < 1.29 is 33.0 Å². The summed E-state index contributed by atoms with van der Waals surface area (Å²) in [5.41, 5.74) is 2.96. The maximum absolute atomic E-state index is 14.9. The highest BCUT2D eigenvalue weighted by Gasteiger charge is 2.24. The number of aromatic nitrogens is 2. The number of methoxy groups -OCH3 is 1. The van der Waals surface area contributed by atoms with Crippen LogP contribution in [0.5, 0.6) is 5.75 Å². The number of oxazole rings is 1. The Morgan fingerprint density at radius 3 is 2.65 bits per heavy atom. The lowest BCUT2D eigenvalue weighted by molar-refractivity contribution is -0.129. The molecule has 1 aromatic carbocycles. The minimum absolute atomic E-state index is 0. The van der Waals surface area contributed by atoms with Gasteiger partial charge in [0.25, 0.3) is 5.91 Å². The number of amides is 2. The van der Waals surface area contributed by atoms with E-state index in [1.165, 1.54) is 12.5 Å². The highest BCUT2D eigenvalue weighted by atomic mass is 32.1. The van der Waals surface area contributed by atoms with Gasteiger partial charge < -0.3 is 39.4 Å². The number of aryl methyl sites for hydroxylation is 1. The first-order valence-electron chi connectivity index (χ1n) is 16.4. The van der Waals surface area contributed by atoms with Crippen LogP contribution >= 0.6 is 13.5 Å². The molecular weight excluding hydrogens is 653 g/mol. The molecule has 0 saturated carbocycles. The number of ether oxygens (including phenoxy) is 2. The molecule has 0 radical (unpaired) electrons. The van der Waals surface area contributed by atoms with Gasteiger partial charge in [0.1, 0.15) is 18.2 Å². The van der Waals surface area contributed by atoms with Gasteiger partial charge in [0.15, 0.2) is 23.7 Å². The molecule has 3 aromatic rings. The van der Waals surface area contributed by atoms with Crippen LogP contribution in [0.3, 0.4) is 0 Å². The number of pyridine rings is 1. The van der Waals surface area contributed by atoms with Crippen molar-refractivity contribution in [2.45, 2.75) is 58.4 Å². The van der Waals surface area contributed by atoms with E-state index in [0.29, 0.717) is 80.9 Å². The number of rotatable bonds is 14. The minimum atomic E-state index is -0.831. The lowest BCUT2D eigenvalue weighted by Crippen LogP contribution is -2.42. The molecule has 49 heavy (non-hydrogen) atoms. The number of benzene rings is 1. The molecule has 0 bridgehead atoms. The van der Waals surface area contributed by atoms with Crippen molar-refractivity contribution in [3.8, 4) is 5.75 Å². The lowest BCUT2D eigenvalue weighted by atomic mass is 9.99. The van der Waals surface area contributed by atoms with E-state index in [4.69, 9.17) is 18.9 Å². The zero-order valence-electron chi connectivity index (χ0n) is 28.6. The number of likely N-dealkylation sites (tertiary alicyclic amines) is 1. The molecule has 2 amide bonds. The van der Waals surface area contributed by atoms with Crippen molar-refractivity contribution in [1.82, 2.24) is 25.1 Å². The van der Waals surface area contributed by atoms with E-state index in [-0.39, 0.29) is 50.3 Å². The predicted molar refractivity (Wildman–Crippen MR) is 188 cm³/mol. The summed E-state index contributed by atoms with van der Waals surface area (Å²) in [6.45, 7) is 7.42. The average Bonchev–Trinajstić information content (AvgIpc) is 3.49. The van der Waals surface area contributed by atoms with Crippen LogP contribution in [0.15, 0.2) is 35.1 Å². The van der Waals surface area contributed by atoms with E-state index in [2.05, 4.69) is 15.6 Å². The van der Waals surface area contributed by atoms with E-state index in [1.54, 1.807) is 39.2 Å². The van der Waals surface area contributed by atoms with Crippen molar-refractivity contribution in [3.63, 3.8) is 0 Å². The molecule has 2 aliphatic heterocycles. The number of halogens is 1. The van der Waals surface area contributed by atoms with Gasteiger partial charge in [-0.15, -0.1) is 0 Å². The van der Waals surface area contributed by atoms with Crippen LogP contribution in [0, 0.1) is 12.7 Å². The number of fused-ring (bicyclic) bond motifs is 1. The van der Waals surface area contributed by atoms with Crippen molar-refractivity contribution >= 4 is 36.9 Å². The molecule has 5 rings (SSSR count). The average molecular weight is 702 g/mol. The molecule has 2 aliphatic rings. The summed E-state index contributed by atoms with van der Waals surface area (Å²) >= 11 is 0. The van der Waals surface area contributed by atoms with Crippen LogP contribution in [-0.4, -0.2) is 109 Å². The molecule has 1 fully saturated rings. The Labute approximate surface area is 293 Å². The fourth-order valence-corrected chi connectivity index (χ4v) is 5.97. The molecule has 15 heteroatoms. The standard InChI is InChI=1S/C34H46FN7O6.H2S/c1-22-31(48-21-37-22)20-47-30-14-24-5-8-41(18-26(24)13-29(30)35)19-28(44)17-36-34(45)25-15-32(39-33(16-25)40(3)11-12-46-4)38-27-6-9-42(10-7-27)23(2)43;/h13-16,21,27-28,44H,5-12,17-20H2,1-4H3,(H,36,45)(H,38,39);1H2/t28-;/m0./s1. The third-order valence-electron chi connectivity index (χ3n) is 8.90. The van der Waals surface area contributed by atoms with Gasteiger partial charge >= 0.3 is 0 Å². The third-order valence-corrected chi connectivity index (χ3v) is 8.90. The Morgan fingerprint density at radius 1 is 1.18 bits per heavy atom. The van der Waals surface area contributed by atoms with Crippen LogP contribution in [0.25, 0.3) is 0 Å². The molecule has 13 nitrogen and oxygen atoms in total. The SMILES string of the molecule is COCCN(C)c1cc(C(=O)NC[C@H](O)CN2CCc3cc(OCc4ocnc4C)c(F)cc3C2)cc(NC2CCN(C(C)=O)CC2)n1.S. The van der Waals surface area contributed by atoms with E-state index in [1.807, 2.05) is 21.7 Å². The second kappa shape index (κ2) is 17.7. The first kappa shape index (κ1) is 37.9. The van der Waals surface area contributed by atoms with Gasteiger partial charge in [0.2, 0.25) is 5.91 Å². The van der Waals surface area contributed by atoms with Gasteiger partial charge in [-0.3, -0.25) is 14.5 Å². The lowest BCUT2D eigenvalue weighted by Gasteiger charge is -2.32. The molecule has 0 spiro atoms. The topological polar surface area (TPSA) is 146 Å². The summed E-state index contributed by atoms with van der Waals surface area (Å²) in [6.07, 6.45) is 2.74. The Hall–Kier alpha value is -3.92. The first-order chi connectivity index (χ1) is 23.1. The highest BCUT2D eigenvalue weighted by Crippen LogP contribution is 2.28. The van der Waals surface area contributed by atoms with Crippen LogP contribution in [-0.2, 0) is 29.1 Å². The summed E-state index contributed by atoms with van der Waals surface area (Å²) in [5.74, 6) is 1.20. The maximum Gasteiger partial charge on any atom is 0.251 e.